The largest absolute Gasteiger partial charge is 0.356 e. The minimum absolute atomic E-state index is 0.831. The molecule has 1 aromatic rings. The SMILES string of the molecule is c1cc(N2CCC2)ncc1C1CC1. The highest BCUT2D eigenvalue weighted by molar-refractivity contribution is 5.42. The van der Waals surface area contributed by atoms with Crippen molar-refractivity contribution < 1.29 is 0 Å². The van der Waals surface area contributed by atoms with Crippen molar-refractivity contribution in [2.75, 3.05) is 18.0 Å². The Morgan fingerprint density at radius 1 is 1.23 bits per heavy atom. The summed E-state index contributed by atoms with van der Waals surface area (Å²) >= 11 is 0. The molecule has 0 atom stereocenters. The van der Waals surface area contributed by atoms with Crippen LogP contribution in [0.2, 0.25) is 0 Å². The third-order valence-electron chi connectivity index (χ3n) is 3.00. The molecule has 0 radical (unpaired) electrons. The van der Waals surface area contributed by atoms with Crippen molar-refractivity contribution in [3.63, 3.8) is 0 Å². The molecule has 0 aromatic carbocycles. The van der Waals surface area contributed by atoms with Gasteiger partial charge in [-0.3, -0.25) is 0 Å². The fourth-order valence-corrected chi connectivity index (χ4v) is 1.79. The van der Waals surface area contributed by atoms with E-state index in [1.807, 2.05) is 0 Å². The molecule has 0 spiro atoms. The zero-order valence-electron chi connectivity index (χ0n) is 7.74. The Balaban J connectivity index is 1.80. The average molecular weight is 174 g/mol. The quantitative estimate of drug-likeness (QED) is 0.683. The van der Waals surface area contributed by atoms with Crippen molar-refractivity contribution in [1.82, 2.24) is 4.98 Å². The molecule has 0 amide bonds. The Morgan fingerprint density at radius 2 is 2.08 bits per heavy atom. The Morgan fingerprint density at radius 3 is 2.54 bits per heavy atom. The molecule has 2 heteroatoms. The standard InChI is InChI=1S/C11H14N2/c1-6-13(7-1)11-5-4-10(8-12-11)9-2-3-9/h4-5,8-9H,1-3,6-7H2. The molecule has 1 aromatic heterocycles. The van der Waals surface area contributed by atoms with E-state index in [2.05, 4.69) is 28.2 Å². The van der Waals surface area contributed by atoms with Gasteiger partial charge in [0.25, 0.3) is 0 Å². The van der Waals surface area contributed by atoms with Gasteiger partial charge in [-0.25, -0.2) is 4.98 Å². The van der Waals surface area contributed by atoms with Gasteiger partial charge in [-0.1, -0.05) is 6.07 Å². The Bertz CT molecular complexity index is 296. The number of nitrogens with zero attached hydrogens (tertiary/aromatic N) is 2. The number of aromatic nitrogens is 1. The molecule has 1 aliphatic carbocycles. The first-order chi connectivity index (χ1) is 6.43. The third-order valence-corrected chi connectivity index (χ3v) is 3.00. The molecule has 68 valence electrons. The lowest BCUT2D eigenvalue weighted by atomic mass is 10.2. The lowest BCUT2D eigenvalue weighted by Crippen LogP contribution is -2.37. The normalized spacial score (nSPS) is 21.4. The minimum Gasteiger partial charge on any atom is -0.356 e. The summed E-state index contributed by atoms with van der Waals surface area (Å²) in [5.41, 5.74) is 1.43. The van der Waals surface area contributed by atoms with E-state index in [1.54, 1.807) is 0 Å². The Hall–Kier alpha value is -1.05. The molecule has 1 aliphatic heterocycles. The van der Waals surface area contributed by atoms with Gasteiger partial charge in [-0.05, 0) is 36.8 Å². The van der Waals surface area contributed by atoms with Gasteiger partial charge in [0, 0.05) is 19.3 Å². The lowest BCUT2D eigenvalue weighted by Gasteiger charge is -2.31. The van der Waals surface area contributed by atoms with Crippen molar-refractivity contribution in [3.05, 3.63) is 23.9 Å². The van der Waals surface area contributed by atoms with Crippen LogP contribution in [0.15, 0.2) is 18.3 Å². The molecule has 2 fully saturated rings. The number of anilines is 1. The van der Waals surface area contributed by atoms with Crippen LogP contribution in [-0.4, -0.2) is 18.1 Å². The first kappa shape index (κ1) is 7.36. The van der Waals surface area contributed by atoms with Gasteiger partial charge in [0.15, 0.2) is 0 Å². The molecule has 2 heterocycles. The van der Waals surface area contributed by atoms with Crippen LogP contribution in [-0.2, 0) is 0 Å². The van der Waals surface area contributed by atoms with Crippen molar-refractivity contribution in [3.8, 4) is 0 Å². The van der Waals surface area contributed by atoms with Gasteiger partial charge >= 0.3 is 0 Å². The minimum atomic E-state index is 0.831. The van der Waals surface area contributed by atoms with Crippen LogP contribution in [0.1, 0.15) is 30.7 Å². The monoisotopic (exact) mass is 174 g/mol. The summed E-state index contributed by atoms with van der Waals surface area (Å²) in [7, 11) is 0. The smallest absolute Gasteiger partial charge is 0.128 e. The van der Waals surface area contributed by atoms with Gasteiger partial charge in [-0.15, -0.1) is 0 Å². The molecule has 2 aliphatic rings. The summed E-state index contributed by atoms with van der Waals surface area (Å²) in [6.45, 7) is 2.38. The molecule has 13 heavy (non-hydrogen) atoms. The number of pyridine rings is 1. The second-order valence-electron chi connectivity index (χ2n) is 4.06. The van der Waals surface area contributed by atoms with Crippen LogP contribution in [0.25, 0.3) is 0 Å². The summed E-state index contributed by atoms with van der Waals surface area (Å²) in [6, 6.07) is 4.42. The van der Waals surface area contributed by atoms with E-state index < -0.39 is 0 Å². The fourth-order valence-electron chi connectivity index (χ4n) is 1.79. The zero-order valence-corrected chi connectivity index (χ0v) is 7.74. The molecule has 3 rings (SSSR count). The zero-order chi connectivity index (χ0) is 8.67. The van der Waals surface area contributed by atoms with Crippen LogP contribution in [0, 0.1) is 0 Å². The topological polar surface area (TPSA) is 16.1 Å². The van der Waals surface area contributed by atoms with Crippen LogP contribution in [0.3, 0.4) is 0 Å². The van der Waals surface area contributed by atoms with E-state index in [9.17, 15) is 0 Å². The number of hydrogen-bond acceptors (Lipinski definition) is 2. The van der Waals surface area contributed by atoms with Crippen LogP contribution in [0.4, 0.5) is 5.82 Å². The Kier molecular flexibility index (Phi) is 1.54. The molecule has 2 nitrogen and oxygen atoms in total. The first-order valence-electron chi connectivity index (χ1n) is 5.14. The molecular formula is C11H14N2. The molecule has 1 saturated heterocycles. The van der Waals surface area contributed by atoms with E-state index >= 15 is 0 Å². The first-order valence-corrected chi connectivity index (χ1v) is 5.14. The van der Waals surface area contributed by atoms with Gasteiger partial charge in [-0.2, -0.15) is 0 Å². The highest BCUT2D eigenvalue weighted by Crippen LogP contribution is 2.39. The summed E-state index contributed by atoms with van der Waals surface area (Å²) < 4.78 is 0. The molecule has 0 bridgehead atoms. The van der Waals surface area contributed by atoms with E-state index in [0.717, 1.165) is 11.7 Å². The fraction of sp³-hybridized carbons (Fsp3) is 0.545. The van der Waals surface area contributed by atoms with Crippen LogP contribution < -0.4 is 4.90 Å². The molecular weight excluding hydrogens is 160 g/mol. The third kappa shape index (κ3) is 1.30. The number of rotatable bonds is 2. The maximum Gasteiger partial charge on any atom is 0.128 e. The van der Waals surface area contributed by atoms with Crippen molar-refractivity contribution >= 4 is 5.82 Å². The van der Waals surface area contributed by atoms with Crippen LogP contribution in [0.5, 0.6) is 0 Å². The molecule has 0 N–H and O–H groups in total. The van der Waals surface area contributed by atoms with E-state index in [1.165, 1.54) is 37.9 Å². The summed E-state index contributed by atoms with van der Waals surface area (Å²) in [4.78, 5) is 6.82. The van der Waals surface area contributed by atoms with E-state index in [-0.39, 0.29) is 0 Å². The predicted molar refractivity (Wildman–Crippen MR) is 53.0 cm³/mol. The van der Waals surface area contributed by atoms with Gasteiger partial charge in [0.1, 0.15) is 5.82 Å². The van der Waals surface area contributed by atoms with Crippen LogP contribution >= 0.6 is 0 Å². The summed E-state index contributed by atoms with van der Waals surface area (Å²) in [6.07, 6.45) is 6.12. The van der Waals surface area contributed by atoms with Crippen molar-refractivity contribution in [2.45, 2.75) is 25.2 Å². The highest BCUT2D eigenvalue weighted by Gasteiger charge is 2.24. The van der Waals surface area contributed by atoms with Gasteiger partial charge in [0.2, 0.25) is 0 Å². The lowest BCUT2D eigenvalue weighted by molar-refractivity contribution is 0.609. The second-order valence-corrected chi connectivity index (χ2v) is 4.06. The predicted octanol–water partition coefficient (Wildman–Crippen LogP) is 2.17. The van der Waals surface area contributed by atoms with Crippen molar-refractivity contribution in [1.29, 1.82) is 0 Å². The highest BCUT2D eigenvalue weighted by atomic mass is 15.2. The maximum absolute atomic E-state index is 4.49. The van der Waals surface area contributed by atoms with E-state index in [0.29, 0.717) is 0 Å². The molecule has 0 unspecified atom stereocenters. The van der Waals surface area contributed by atoms with E-state index in [4.69, 9.17) is 0 Å². The van der Waals surface area contributed by atoms with Gasteiger partial charge in [0.05, 0.1) is 0 Å². The second kappa shape index (κ2) is 2.72. The summed E-state index contributed by atoms with van der Waals surface area (Å²) in [5, 5.41) is 0. The average Bonchev–Trinajstić information content (AvgIpc) is 2.85. The van der Waals surface area contributed by atoms with Crippen molar-refractivity contribution in [2.24, 2.45) is 0 Å². The van der Waals surface area contributed by atoms with Gasteiger partial charge < -0.3 is 4.90 Å². The molecule has 1 saturated carbocycles. The Labute approximate surface area is 78.6 Å². The summed E-state index contributed by atoms with van der Waals surface area (Å²) in [5.74, 6) is 1.99. The maximum atomic E-state index is 4.49. The number of hydrogen-bond donors (Lipinski definition) is 0.